The summed E-state index contributed by atoms with van der Waals surface area (Å²) in [5.74, 6) is 0.610. The van der Waals surface area contributed by atoms with Gasteiger partial charge in [0.15, 0.2) is 0 Å². The van der Waals surface area contributed by atoms with Crippen LogP contribution < -0.4 is 0 Å². The van der Waals surface area contributed by atoms with E-state index >= 15 is 0 Å². The molecule has 18 heavy (non-hydrogen) atoms. The van der Waals surface area contributed by atoms with E-state index in [2.05, 4.69) is 6.92 Å². The second kappa shape index (κ2) is 6.03. The lowest BCUT2D eigenvalue weighted by Gasteiger charge is -2.31. The van der Waals surface area contributed by atoms with Crippen molar-refractivity contribution >= 4 is 11.6 Å². The molecule has 0 bridgehead atoms. The molecule has 1 N–H and O–H groups in total. The van der Waals surface area contributed by atoms with Crippen LogP contribution in [0.4, 0.5) is 4.39 Å². The highest BCUT2D eigenvalue weighted by Gasteiger charge is 2.26. The number of hydrogen-bond acceptors (Lipinski definition) is 1. The van der Waals surface area contributed by atoms with E-state index in [-0.39, 0.29) is 10.9 Å². The van der Waals surface area contributed by atoms with Crippen LogP contribution in [0.3, 0.4) is 0 Å². The SMILES string of the molecule is CCC1CCC(C(O)c2ccc(Cl)c(F)c2)CC1. The van der Waals surface area contributed by atoms with Gasteiger partial charge in [-0.2, -0.15) is 0 Å². The van der Waals surface area contributed by atoms with Gasteiger partial charge in [-0.25, -0.2) is 4.39 Å². The highest BCUT2D eigenvalue weighted by atomic mass is 35.5. The molecule has 0 aliphatic heterocycles. The molecule has 0 radical (unpaired) electrons. The highest BCUT2D eigenvalue weighted by Crippen LogP contribution is 2.38. The van der Waals surface area contributed by atoms with Crippen molar-refractivity contribution in [2.45, 2.75) is 45.1 Å². The maximum Gasteiger partial charge on any atom is 0.142 e. The van der Waals surface area contributed by atoms with Gasteiger partial charge in [0.2, 0.25) is 0 Å². The third-order valence-corrected chi connectivity index (χ3v) is 4.51. The Morgan fingerprint density at radius 2 is 2.00 bits per heavy atom. The monoisotopic (exact) mass is 270 g/mol. The molecular formula is C15H20ClFO. The van der Waals surface area contributed by atoms with Crippen molar-refractivity contribution in [2.24, 2.45) is 11.8 Å². The molecule has 3 heteroatoms. The Kier molecular flexibility index (Phi) is 4.63. The first kappa shape index (κ1) is 13.8. The molecule has 0 amide bonds. The Bertz CT molecular complexity index is 399. The third-order valence-electron chi connectivity index (χ3n) is 4.20. The summed E-state index contributed by atoms with van der Waals surface area (Å²) in [5, 5.41) is 10.4. The van der Waals surface area contributed by atoms with Crippen LogP contribution in [0.2, 0.25) is 5.02 Å². The van der Waals surface area contributed by atoms with E-state index in [1.54, 1.807) is 6.07 Å². The van der Waals surface area contributed by atoms with Crippen molar-refractivity contribution < 1.29 is 9.50 Å². The van der Waals surface area contributed by atoms with Gasteiger partial charge in [0.25, 0.3) is 0 Å². The Labute approximate surface area is 113 Å². The minimum atomic E-state index is -0.561. The fraction of sp³-hybridized carbons (Fsp3) is 0.600. The van der Waals surface area contributed by atoms with Crippen LogP contribution in [0, 0.1) is 17.7 Å². The maximum atomic E-state index is 13.4. The Balaban J connectivity index is 2.03. The van der Waals surface area contributed by atoms with Crippen molar-refractivity contribution in [3.63, 3.8) is 0 Å². The number of hydrogen-bond donors (Lipinski definition) is 1. The third kappa shape index (κ3) is 3.04. The number of rotatable bonds is 3. The average Bonchev–Trinajstić information content (AvgIpc) is 2.41. The first-order valence-corrected chi connectivity index (χ1v) is 7.12. The molecule has 1 saturated carbocycles. The first-order chi connectivity index (χ1) is 8.61. The molecule has 1 aliphatic carbocycles. The summed E-state index contributed by atoms with van der Waals surface area (Å²) in [4.78, 5) is 0. The maximum absolute atomic E-state index is 13.4. The fourth-order valence-corrected chi connectivity index (χ4v) is 3.00. The fourth-order valence-electron chi connectivity index (χ4n) is 2.88. The van der Waals surface area contributed by atoms with E-state index in [0.29, 0.717) is 5.56 Å². The van der Waals surface area contributed by atoms with Crippen LogP contribution in [0.25, 0.3) is 0 Å². The molecule has 1 nitrogen and oxygen atoms in total. The molecule has 0 saturated heterocycles. The molecular weight excluding hydrogens is 251 g/mol. The van der Waals surface area contributed by atoms with E-state index < -0.39 is 11.9 Å². The molecule has 0 spiro atoms. The minimum Gasteiger partial charge on any atom is -0.388 e. The molecule has 2 rings (SSSR count). The van der Waals surface area contributed by atoms with Crippen LogP contribution in [-0.2, 0) is 0 Å². The van der Waals surface area contributed by atoms with Crippen molar-refractivity contribution in [3.8, 4) is 0 Å². The van der Waals surface area contributed by atoms with Gasteiger partial charge in [0.05, 0.1) is 11.1 Å². The summed E-state index contributed by atoms with van der Waals surface area (Å²) in [6.45, 7) is 2.22. The summed E-state index contributed by atoms with van der Waals surface area (Å²) < 4.78 is 13.4. The van der Waals surface area contributed by atoms with E-state index in [4.69, 9.17) is 11.6 Å². The van der Waals surface area contributed by atoms with Gasteiger partial charge in [-0.3, -0.25) is 0 Å². The summed E-state index contributed by atoms with van der Waals surface area (Å²) in [7, 11) is 0. The number of aliphatic hydroxyl groups is 1. The lowest BCUT2D eigenvalue weighted by Crippen LogP contribution is -2.20. The normalized spacial score (nSPS) is 26.0. The standard InChI is InChI=1S/C15H20ClFO/c1-2-10-3-5-11(6-4-10)15(18)12-7-8-13(16)14(17)9-12/h7-11,15,18H,2-6H2,1H3. The van der Waals surface area contributed by atoms with E-state index in [9.17, 15) is 9.50 Å². The molecule has 1 aliphatic rings. The summed E-state index contributed by atoms with van der Waals surface area (Å²) in [5.41, 5.74) is 0.650. The predicted molar refractivity (Wildman–Crippen MR) is 72.1 cm³/mol. The largest absolute Gasteiger partial charge is 0.388 e. The van der Waals surface area contributed by atoms with Crippen molar-refractivity contribution in [1.29, 1.82) is 0 Å². The van der Waals surface area contributed by atoms with E-state index in [1.165, 1.54) is 31.4 Å². The smallest absolute Gasteiger partial charge is 0.142 e. The van der Waals surface area contributed by atoms with Gasteiger partial charge in [0.1, 0.15) is 5.82 Å². The van der Waals surface area contributed by atoms with Gasteiger partial charge in [0, 0.05) is 0 Å². The van der Waals surface area contributed by atoms with Gasteiger partial charge < -0.3 is 5.11 Å². The molecule has 0 aromatic heterocycles. The molecule has 1 aromatic rings. The zero-order chi connectivity index (χ0) is 13.1. The van der Waals surface area contributed by atoms with Crippen molar-refractivity contribution in [2.75, 3.05) is 0 Å². The topological polar surface area (TPSA) is 20.2 Å². The van der Waals surface area contributed by atoms with E-state index in [0.717, 1.165) is 18.8 Å². The molecule has 100 valence electrons. The van der Waals surface area contributed by atoms with Gasteiger partial charge in [-0.05, 0) is 42.4 Å². The van der Waals surface area contributed by atoms with Gasteiger partial charge in [-0.15, -0.1) is 0 Å². The first-order valence-electron chi connectivity index (χ1n) is 6.74. The zero-order valence-corrected chi connectivity index (χ0v) is 11.5. The van der Waals surface area contributed by atoms with Crippen LogP contribution in [0.15, 0.2) is 18.2 Å². The Morgan fingerprint density at radius 1 is 1.33 bits per heavy atom. The summed E-state index contributed by atoms with van der Waals surface area (Å²) >= 11 is 5.65. The molecule has 1 atom stereocenters. The molecule has 1 aromatic carbocycles. The second-order valence-electron chi connectivity index (χ2n) is 5.31. The van der Waals surface area contributed by atoms with Crippen LogP contribution in [0.1, 0.15) is 50.7 Å². The van der Waals surface area contributed by atoms with Gasteiger partial charge in [-0.1, -0.05) is 43.9 Å². The van der Waals surface area contributed by atoms with Crippen LogP contribution in [-0.4, -0.2) is 5.11 Å². The summed E-state index contributed by atoms with van der Waals surface area (Å²) in [6.07, 6.45) is 5.07. The summed E-state index contributed by atoms with van der Waals surface area (Å²) in [6, 6.07) is 4.61. The lowest BCUT2D eigenvalue weighted by atomic mass is 9.77. The quantitative estimate of drug-likeness (QED) is 0.842. The highest BCUT2D eigenvalue weighted by molar-refractivity contribution is 6.30. The molecule has 1 fully saturated rings. The Morgan fingerprint density at radius 3 is 2.56 bits per heavy atom. The minimum absolute atomic E-state index is 0.112. The Hall–Kier alpha value is -0.600. The van der Waals surface area contributed by atoms with Crippen molar-refractivity contribution in [1.82, 2.24) is 0 Å². The predicted octanol–water partition coefficient (Wildman–Crippen LogP) is 4.73. The second-order valence-corrected chi connectivity index (χ2v) is 5.71. The number of benzene rings is 1. The van der Waals surface area contributed by atoms with Gasteiger partial charge >= 0.3 is 0 Å². The van der Waals surface area contributed by atoms with Crippen molar-refractivity contribution in [3.05, 3.63) is 34.6 Å². The number of aliphatic hydroxyl groups excluding tert-OH is 1. The number of halogens is 2. The zero-order valence-electron chi connectivity index (χ0n) is 10.7. The molecule has 1 unspecified atom stereocenters. The van der Waals surface area contributed by atoms with E-state index in [1.807, 2.05) is 0 Å². The lowest BCUT2D eigenvalue weighted by molar-refractivity contribution is 0.0727. The molecule has 0 heterocycles. The van der Waals surface area contributed by atoms with Crippen LogP contribution >= 0.6 is 11.6 Å². The van der Waals surface area contributed by atoms with Crippen LogP contribution in [0.5, 0.6) is 0 Å². The average molecular weight is 271 g/mol.